The van der Waals surface area contributed by atoms with Crippen molar-refractivity contribution < 1.29 is 14.9 Å². The van der Waals surface area contributed by atoms with Crippen molar-refractivity contribution in [3.05, 3.63) is 0 Å². The van der Waals surface area contributed by atoms with E-state index in [1.807, 2.05) is 6.92 Å². The van der Waals surface area contributed by atoms with E-state index in [9.17, 15) is 5.11 Å². The number of rotatable bonds is 1. The molecule has 1 rings (SSSR count). The minimum Gasteiger partial charge on any atom is -0.394 e. The second kappa shape index (κ2) is 2.64. The van der Waals surface area contributed by atoms with E-state index in [1.165, 1.54) is 0 Å². The van der Waals surface area contributed by atoms with Crippen LogP contribution in [0.25, 0.3) is 0 Å². The molecule has 0 unspecified atom stereocenters. The van der Waals surface area contributed by atoms with Crippen LogP contribution >= 0.6 is 0 Å². The van der Waals surface area contributed by atoms with E-state index in [4.69, 9.17) is 9.84 Å². The van der Waals surface area contributed by atoms with Crippen molar-refractivity contribution >= 4 is 0 Å². The lowest BCUT2D eigenvalue weighted by Gasteiger charge is -2.10. The molecule has 3 heteroatoms. The number of hydrogen-bond donors (Lipinski definition) is 2. The van der Waals surface area contributed by atoms with Gasteiger partial charge in [0.05, 0.1) is 19.3 Å². The molecule has 1 heterocycles. The highest BCUT2D eigenvalue weighted by Crippen LogP contribution is 2.18. The lowest BCUT2D eigenvalue weighted by Crippen LogP contribution is -2.27. The van der Waals surface area contributed by atoms with Crippen LogP contribution in [0.15, 0.2) is 0 Å². The van der Waals surface area contributed by atoms with Gasteiger partial charge in [-0.25, -0.2) is 0 Å². The Bertz CT molecular complexity index is 94.3. The van der Waals surface area contributed by atoms with Gasteiger partial charge in [-0.1, -0.05) is 6.92 Å². The molecule has 1 fully saturated rings. The van der Waals surface area contributed by atoms with Gasteiger partial charge in [0, 0.05) is 5.92 Å². The van der Waals surface area contributed by atoms with Gasteiger partial charge < -0.3 is 14.9 Å². The molecule has 3 nitrogen and oxygen atoms in total. The van der Waals surface area contributed by atoms with Gasteiger partial charge in [0.2, 0.25) is 0 Å². The van der Waals surface area contributed by atoms with Gasteiger partial charge >= 0.3 is 0 Å². The van der Waals surface area contributed by atoms with E-state index >= 15 is 0 Å². The summed E-state index contributed by atoms with van der Waals surface area (Å²) in [5.41, 5.74) is 0. The average Bonchev–Trinajstić information content (AvgIpc) is 2.15. The van der Waals surface area contributed by atoms with Crippen molar-refractivity contribution in [2.75, 3.05) is 13.2 Å². The number of aliphatic hydroxyl groups is 2. The smallest absolute Gasteiger partial charge is 0.107 e. The molecule has 1 saturated heterocycles. The summed E-state index contributed by atoms with van der Waals surface area (Å²) in [6.45, 7) is 2.39. The standard InChI is InChI=1S/C6H12O3/c1-4-3-9-5(2-7)6(4)8/h4-8H,2-3H2,1H3/t4-,5+,6+/m0/s1. The first-order valence-electron chi connectivity index (χ1n) is 3.16. The first-order chi connectivity index (χ1) is 4.25. The highest BCUT2D eigenvalue weighted by molar-refractivity contribution is 4.79. The SMILES string of the molecule is C[C@H]1CO[C@H](CO)[C@@H]1O. The maximum atomic E-state index is 9.17. The molecule has 0 aromatic carbocycles. The van der Waals surface area contributed by atoms with Gasteiger partial charge in [-0.2, -0.15) is 0 Å². The van der Waals surface area contributed by atoms with Gasteiger partial charge in [-0.05, 0) is 0 Å². The van der Waals surface area contributed by atoms with Crippen molar-refractivity contribution in [2.24, 2.45) is 5.92 Å². The molecule has 2 N–H and O–H groups in total. The fourth-order valence-corrected chi connectivity index (χ4v) is 1.000. The normalized spacial score (nSPS) is 43.7. The highest BCUT2D eigenvalue weighted by atomic mass is 16.5. The van der Waals surface area contributed by atoms with Gasteiger partial charge in [0.1, 0.15) is 6.10 Å². The largest absolute Gasteiger partial charge is 0.394 e. The first-order valence-corrected chi connectivity index (χ1v) is 3.16. The molecule has 0 aliphatic carbocycles. The Morgan fingerprint density at radius 2 is 2.33 bits per heavy atom. The summed E-state index contributed by atoms with van der Waals surface area (Å²) < 4.78 is 5.03. The van der Waals surface area contributed by atoms with E-state index in [0.29, 0.717) is 6.61 Å². The summed E-state index contributed by atoms with van der Waals surface area (Å²) in [7, 11) is 0. The van der Waals surface area contributed by atoms with Crippen LogP contribution in [0.1, 0.15) is 6.92 Å². The zero-order chi connectivity index (χ0) is 6.85. The van der Waals surface area contributed by atoms with Gasteiger partial charge in [-0.3, -0.25) is 0 Å². The molecule has 0 amide bonds. The van der Waals surface area contributed by atoms with E-state index in [-0.39, 0.29) is 18.6 Å². The molecule has 1 aliphatic heterocycles. The van der Waals surface area contributed by atoms with Crippen LogP contribution in [-0.2, 0) is 4.74 Å². The predicted octanol–water partition coefficient (Wildman–Crippen LogP) is -0.626. The summed E-state index contributed by atoms with van der Waals surface area (Å²) in [5.74, 6) is 0.169. The van der Waals surface area contributed by atoms with Gasteiger partial charge in [0.15, 0.2) is 0 Å². The van der Waals surface area contributed by atoms with Crippen molar-refractivity contribution in [2.45, 2.75) is 19.1 Å². The third-order valence-corrected chi connectivity index (χ3v) is 1.72. The molecule has 0 aromatic rings. The quantitative estimate of drug-likeness (QED) is 0.499. The molecule has 9 heavy (non-hydrogen) atoms. The summed E-state index contributed by atoms with van der Waals surface area (Å²) in [6.07, 6.45) is -0.824. The summed E-state index contributed by atoms with van der Waals surface area (Å²) in [4.78, 5) is 0. The minimum absolute atomic E-state index is 0.0779. The molecule has 0 spiro atoms. The monoisotopic (exact) mass is 132 g/mol. The Morgan fingerprint density at radius 3 is 2.56 bits per heavy atom. The molecule has 54 valence electrons. The lowest BCUT2D eigenvalue weighted by atomic mass is 10.1. The zero-order valence-corrected chi connectivity index (χ0v) is 5.45. The highest BCUT2D eigenvalue weighted by Gasteiger charge is 2.31. The zero-order valence-electron chi connectivity index (χ0n) is 5.45. The number of hydrogen-bond acceptors (Lipinski definition) is 3. The van der Waals surface area contributed by atoms with Gasteiger partial charge in [0.25, 0.3) is 0 Å². The van der Waals surface area contributed by atoms with Crippen LogP contribution in [0, 0.1) is 5.92 Å². The number of ether oxygens (including phenoxy) is 1. The first kappa shape index (κ1) is 6.99. The van der Waals surface area contributed by atoms with Crippen LogP contribution < -0.4 is 0 Å². The van der Waals surface area contributed by atoms with Gasteiger partial charge in [-0.15, -0.1) is 0 Å². The minimum atomic E-state index is -0.477. The topological polar surface area (TPSA) is 49.7 Å². The second-order valence-electron chi connectivity index (χ2n) is 2.52. The number of aliphatic hydroxyl groups excluding tert-OH is 2. The Kier molecular flexibility index (Phi) is 2.05. The molecule has 3 atom stereocenters. The molecular formula is C6H12O3. The summed E-state index contributed by atoms with van der Waals surface area (Å²) >= 11 is 0. The van der Waals surface area contributed by atoms with Crippen molar-refractivity contribution in [3.63, 3.8) is 0 Å². The lowest BCUT2D eigenvalue weighted by molar-refractivity contribution is 0.00208. The summed E-state index contributed by atoms with van der Waals surface area (Å²) in [5, 5.41) is 17.7. The molecule has 1 aliphatic rings. The second-order valence-corrected chi connectivity index (χ2v) is 2.52. The maximum absolute atomic E-state index is 9.17. The summed E-state index contributed by atoms with van der Waals surface area (Å²) in [6, 6.07) is 0. The third-order valence-electron chi connectivity index (χ3n) is 1.72. The Balaban J connectivity index is 2.41. The van der Waals surface area contributed by atoms with Crippen molar-refractivity contribution in [1.29, 1.82) is 0 Å². The Hall–Kier alpha value is -0.120. The molecule has 0 aromatic heterocycles. The van der Waals surface area contributed by atoms with Crippen LogP contribution in [0.5, 0.6) is 0 Å². The fraction of sp³-hybridized carbons (Fsp3) is 1.00. The van der Waals surface area contributed by atoms with E-state index in [0.717, 1.165) is 0 Å². The Labute approximate surface area is 54.3 Å². The maximum Gasteiger partial charge on any atom is 0.107 e. The molecule has 0 bridgehead atoms. The van der Waals surface area contributed by atoms with E-state index in [2.05, 4.69) is 0 Å². The van der Waals surface area contributed by atoms with Crippen molar-refractivity contribution in [3.8, 4) is 0 Å². The van der Waals surface area contributed by atoms with Crippen LogP contribution in [0.4, 0.5) is 0 Å². The third kappa shape index (κ3) is 1.23. The van der Waals surface area contributed by atoms with E-state index < -0.39 is 6.10 Å². The molecule has 0 saturated carbocycles. The van der Waals surface area contributed by atoms with E-state index in [1.54, 1.807) is 0 Å². The van der Waals surface area contributed by atoms with Crippen LogP contribution in [-0.4, -0.2) is 35.6 Å². The predicted molar refractivity (Wildman–Crippen MR) is 32.0 cm³/mol. The molecule has 0 radical (unpaired) electrons. The van der Waals surface area contributed by atoms with Crippen molar-refractivity contribution in [1.82, 2.24) is 0 Å². The average molecular weight is 132 g/mol. The van der Waals surface area contributed by atoms with Crippen LogP contribution in [0.2, 0.25) is 0 Å². The Morgan fingerprint density at radius 1 is 1.67 bits per heavy atom. The molecular weight excluding hydrogens is 120 g/mol. The fourth-order valence-electron chi connectivity index (χ4n) is 1.000. The van der Waals surface area contributed by atoms with Crippen LogP contribution in [0.3, 0.4) is 0 Å².